The molecule has 2 saturated carbocycles. The highest BCUT2D eigenvalue weighted by Crippen LogP contribution is 2.53. The molecule has 0 bridgehead atoms. The van der Waals surface area contributed by atoms with Crippen molar-refractivity contribution in [2.24, 2.45) is 5.41 Å². The van der Waals surface area contributed by atoms with Gasteiger partial charge in [-0.05, 0) is 37.5 Å². The van der Waals surface area contributed by atoms with Gasteiger partial charge in [0, 0.05) is 10.2 Å². The van der Waals surface area contributed by atoms with Gasteiger partial charge in [0.25, 0.3) is 0 Å². The summed E-state index contributed by atoms with van der Waals surface area (Å²) in [7, 11) is 0. The number of hydrogen-bond donors (Lipinski definition) is 1. The van der Waals surface area contributed by atoms with Crippen LogP contribution in [0.4, 0.5) is 0 Å². The number of rotatable bonds is 0. The summed E-state index contributed by atoms with van der Waals surface area (Å²) in [5.41, 5.74) is 0.310. The number of hydrogen-bond acceptors (Lipinski definition) is 1. The van der Waals surface area contributed by atoms with E-state index in [1.54, 1.807) is 0 Å². The molecule has 4 unspecified atom stereocenters. The topological polar surface area (TPSA) is 20.2 Å². The van der Waals surface area contributed by atoms with Crippen LogP contribution in [-0.4, -0.2) is 21.4 Å². The molecule has 2 aliphatic rings. The Morgan fingerprint density at radius 3 is 2.69 bits per heavy atom. The Morgan fingerprint density at radius 1 is 1.38 bits per heavy atom. The smallest absolute Gasteiger partial charge is 0.0546 e. The van der Waals surface area contributed by atoms with E-state index in [9.17, 15) is 5.11 Å². The maximum absolute atomic E-state index is 9.67. The number of alkyl halides is 2. The monoisotopic (exact) mass is 266 g/mol. The van der Waals surface area contributed by atoms with Gasteiger partial charge in [-0.25, -0.2) is 0 Å². The van der Waals surface area contributed by atoms with Crippen LogP contribution in [0.15, 0.2) is 0 Å². The van der Waals surface area contributed by atoms with Crippen molar-refractivity contribution < 1.29 is 5.11 Å². The molecule has 0 heterocycles. The first-order valence-electron chi connectivity index (χ1n) is 5.09. The summed E-state index contributed by atoms with van der Waals surface area (Å²) in [6.07, 6.45) is 6.39. The lowest BCUT2D eigenvalue weighted by molar-refractivity contribution is 0.0539. The normalized spacial score (nSPS) is 51.5. The Bertz CT molecular complexity index is 199. The van der Waals surface area contributed by atoms with E-state index >= 15 is 0 Å². The molecule has 2 aliphatic carbocycles. The summed E-state index contributed by atoms with van der Waals surface area (Å²) in [5.74, 6) is 0. The zero-order valence-corrected chi connectivity index (χ0v) is 10.0. The number of halogens is 2. The Hall–Kier alpha value is 0.730. The quantitative estimate of drug-likeness (QED) is 0.669. The van der Waals surface area contributed by atoms with Crippen LogP contribution in [0.3, 0.4) is 0 Å². The van der Waals surface area contributed by atoms with Crippen molar-refractivity contribution in [1.29, 1.82) is 0 Å². The molecule has 76 valence electrons. The molecule has 1 spiro atoms. The van der Waals surface area contributed by atoms with Crippen molar-refractivity contribution in [3.8, 4) is 0 Å². The van der Waals surface area contributed by atoms with Gasteiger partial charge in [0.15, 0.2) is 0 Å². The minimum absolute atomic E-state index is 0.0873. The third kappa shape index (κ3) is 1.91. The lowest BCUT2D eigenvalue weighted by Crippen LogP contribution is -2.34. The van der Waals surface area contributed by atoms with E-state index in [-0.39, 0.29) is 6.10 Å². The van der Waals surface area contributed by atoms with Gasteiger partial charge in [-0.2, -0.15) is 0 Å². The van der Waals surface area contributed by atoms with Crippen LogP contribution >= 0.6 is 27.5 Å². The van der Waals surface area contributed by atoms with E-state index in [1.165, 1.54) is 6.42 Å². The highest BCUT2D eigenvalue weighted by atomic mass is 79.9. The molecule has 1 N–H and O–H groups in total. The first-order chi connectivity index (χ1) is 6.12. The highest BCUT2D eigenvalue weighted by Gasteiger charge is 2.47. The van der Waals surface area contributed by atoms with Crippen LogP contribution in [0.25, 0.3) is 0 Å². The van der Waals surface area contributed by atoms with Gasteiger partial charge in [-0.15, -0.1) is 11.6 Å². The Balaban J connectivity index is 2.10. The van der Waals surface area contributed by atoms with Gasteiger partial charge in [0.05, 0.1) is 6.10 Å². The fourth-order valence-corrected chi connectivity index (χ4v) is 4.71. The summed E-state index contributed by atoms with van der Waals surface area (Å²) >= 11 is 9.90. The summed E-state index contributed by atoms with van der Waals surface area (Å²) < 4.78 is 0. The Labute approximate surface area is 93.0 Å². The van der Waals surface area contributed by atoms with Crippen molar-refractivity contribution in [3.05, 3.63) is 0 Å². The maximum Gasteiger partial charge on any atom is 0.0546 e. The van der Waals surface area contributed by atoms with E-state index in [0.717, 1.165) is 32.1 Å². The van der Waals surface area contributed by atoms with Crippen LogP contribution in [0.5, 0.6) is 0 Å². The summed E-state index contributed by atoms with van der Waals surface area (Å²) in [6.45, 7) is 0. The predicted octanol–water partition coefficient (Wildman–Crippen LogP) is 3.07. The fourth-order valence-electron chi connectivity index (χ4n) is 2.96. The maximum atomic E-state index is 9.67. The van der Waals surface area contributed by atoms with Crippen LogP contribution in [0.1, 0.15) is 38.5 Å². The second-order valence-electron chi connectivity index (χ2n) is 4.62. The van der Waals surface area contributed by atoms with Crippen molar-refractivity contribution in [2.75, 3.05) is 0 Å². The van der Waals surface area contributed by atoms with Crippen LogP contribution in [0, 0.1) is 5.41 Å². The minimum Gasteiger partial charge on any atom is -0.393 e. The first-order valence-corrected chi connectivity index (χ1v) is 6.44. The van der Waals surface area contributed by atoms with Crippen LogP contribution in [0.2, 0.25) is 0 Å². The third-order valence-corrected chi connectivity index (χ3v) is 5.29. The van der Waals surface area contributed by atoms with Gasteiger partial charge in [0.1, 0.15) is 0 Å². The molecule has 0 aromatic rings. The predicted molar refractivity (Wildman–Crippen MR) is 58.5 cm³/mol. The molecule has 0 aliphatic heterocycles. The zero-order chi connectivity index (χ0) is 9.47. The first kappa shape index (κ1) is 10.3. The lowest BCUT2D eigenvalue weighted by atomic mass is 9.72. The van der Waals surface area contributed by atoms with E-state index in [2.05, 4.69) is 15.9 Å². The summed E-state index contributed by atoms with van der Waals surface area (Å²) in [4.78, 5) is 0.525. The summed E-state index contributed by atoms with van der Waals surface area (Å²) in [5, 5.41) is 9.99. The van der Waals surface area contributed by atoms with Gasteiger partial charge >= 0.3 is 0 Å². The average Bonchev–Trinajstić information content (AvgIpc) is 2.26. The lowest BCUT2D eigenvalue weighted by Gasteiger charge is -2.38. The molecule has 0 aromatic heterocycles. The largest absolute Gasteiger partial charge is 0.393 e. The average molecular weight is 268 g/mol. The molecule has 4 atom stereocenters. The molecule has 0 radical (unpaired) electrons. The van der Waals surface area contributed by atoms with Crippen molar-refractivity contribution in [2.45, 2.75) is 54.8 Å². The molecule has 0 saturated heterocycles. The summed E-state index contributed by atoms with van der Waals surface area (Å²) in [6, 6.07) is 0. The minimum atomic E-state index is -0.0873. The van der Waals surface area contributed by atoms with E-state index in [1.807, 2.05) is 0 Å². The molecule has 0 aromatic carbocycles. The molecule has 3 heteroatoms. The number of aliphatic hydroxyl groups is 1. The molecule has 2 rings (SSSR count). The van der Waals surface area contributed by atoms with Crippen molar-refractivity contribution in [3.63, 3.8) is 0 Å². The van der Waals surface area contributed by atoms with Crippen LogP contribution in [-0.2, 0) is 0 Å². The Morgan fingerprint density at radius 2 is 2.15 bits per heavy atom. The molecular weight excluding hydrogens is 251 g/mol. The van der Waals surface area contributed by atoms with Crippen molar-refractivity contribution >= 4 is 27.5 Å². The highest BCUT2D eigenvalue weighted by molar-refractivity contribution is 9.09. The molecule has 13 heavy (non-hydrogen) atoms. The van der Waals surface area contributed by atoms with E-state index < -0.39 is 0 Å². The van der Waals surface area contributed by atoms with Gasteiger partial charge < -0.3 is 5.11 Å². The van der Waals surface area contributed by atoms with Gasteiger partial charge in [-0.3, -0.25) is 0 Å². The zero-order valence-electron chi connectivity index (χ0n) is 7.68. The van der Waals surface area contributed by atoms with Crippen molar-refractivity contribution in [1.82, 2.24) is 0 Å². The van der Waals surface area contributed by atoms with E-state index in [0.29, 0.717) is 15.6 Å². The standard InChI is InChI=1S/C10H16BrClO/c11-9-4-7(12)5-10(9)3-1-2-8(13)6-10/h7-9,13H,1-6H2. The molecule has 1 nitrogen and oxygen atoms in total. The third-order valence-electron chi connectivity index (χ3n) is 3.61. The molecular formula is C10H16BrClO. The van der Waals surface area contributed by atoms with Crippen LogP contribution < -0.4 is 0 Å². The molecule has 0 amide bonds. The second kappa shape index (κ2) is 3.71. The van der Waals surface area contributed by atoms with Gasteiger partial charge in [-0.1, -0.05) is 22.4 Å². The fraction of sp³-hybridized carbons (Fsp3) is 1.00. The Kier molecular flexibility index (Phi) is 2.93. The number of aliphatic hydroxyl groups excluding tert-OH is 1. The van der Waals surface area contributed by atoms with Gasteiger partial charge in [0.2, 0.25) is 0 Å². The SMILES string of the molecule is OC1CCCC2(C1)CC(Cl)CC2Br. The van der Waals surface area contributed by atoms with E-state index in [4.69, 9.17) is 11.6 Å². The molecule has 2 fully saturated rings. The second-order valence-corrected chi connectivity index (χ2v) is 6.34.